The maximum atomic E-state index is 13.0. The summed E-state index contributed by atoms with van der Waals surface area (Å²) in [5.74, 6) is 0.132. The van der Waals surface area contributed by atoms with Gasteiger partial charge >= 0.3 is 0 Å². The van der Waals surface area contributed by atoms with Crippen LogP contribution in [0.25, 0.3) is 11.1 Å². The van der Waals surface area contributed by atoms with Crippen LogP contribution in [0, 0.1) is 13.8 Å². The summed E-state index contributed by atoms with van der Waals surface area (Å²) in [5.41, 5.74) is 3.83. The van der Waals surface area contributed by atoms with E-state index in [0.29, 0.717) is 23.4 Å². The van der Waals surface area contributed by atoms with Crippen molar-refractivity contribution in [1.82, 2.24) is 14.7 Å². The number of hydrogen-bond donors (Lipinski definition) is 1. The molecule has 0 saturated carbocycles. The second kappa shape index (κ2) is 7.56. The molecule has 2 aromatic heterocycles. The second-order valence-corrected chi connectivity index (χ2v) is 8.41. The Morgan fingerprint density at radius 3 is 2.48 bits per heavy atom. The zero-order valence-corrected chi connectivity index (χ0v) is 16.8. The van der Waals surface area contributed by atoms with E-state index in [4.69, 9.17) is 4.52 Å². The van der Waals surface area contributed by atoms with Crippen LogP contribution in [0.5, 0.6) is 0 Å². The minimum atomic E-state index is -3.85. The summed E-state index contributed by atoms with van der Waals surface area (Å²) >= 11 is 0. The molecule has 0 aliphatic heterocycles. The Kier molecular flexibility index (Phi) is 4.94. The monoisotopic (exact) mass is 408 g/mol. The van der Waals surface area contributed by atoms with Gasteiger partial charge in [-0.05, 0) is 31.0 Å². The normalized spacial score (nSPS) is 11.5. The van der Waals surface area contributed by atoms with E-state index < -0.39 is 10.0 Å². The van der Waals surface area contributed by atoms with Crippen molar-refractivity contribution in [2.24, 2.45) is 0 Å². The average molecular weight is 408 g/mol. The first-order valence-corrected chi connectivity index (χ1v) is 10.5. The van der Waals surface area contributed by atoms with Gasteiger partial charge in [0.25, 0.3) is 10.0 Å². The van der Waals surface area contributed by atoms with Crippen molar-refractivity contribution in [1.29, 1.82) is 0 Å². The third-order valence-corrected chi connectivity index (χ3v) is 6.14. The summed E-state index contributed by atoms with van der Waals surface area (Å²) in [6.07, 6.45) is 5.39. The molecule has 0 fully saturated rings. The molecule has 4 rings (SSSR count). The molecule has 29 heavy (non-hydrogen) atoms. The highest BCUT2D eigenvalue weighted by molar-refractivity contribution is 7.92. The predicted molar refractivity (Wildman–Crippen MR) is 110 cm³/mol. The molecule has 0 atom stereocenters. The Hall–Kier alpha value is -3.39. The molecule has 0 saturated heterocycles. The summed E-state index contributed by atoms with van der Waals surface area (Å²) in [7, 11) is -3.85. The SMILES string of the molecule is Cc1noc(NS(=O)(=O)c2ccccc2-c2ccc(Cn3ccnc3)cc2)c1C. The molecule has 0 bridgehead atoms. The van der Waals surface area contributed by atoms with Gasteiger partial charge in [0.2, 0.25) is 5.88 Å². The second-order valence-electron chi connectivity index (χ2n) is 6.76. The fourth-order valence-corrected chi connectivity index (χ4v) is 4.29. The van der Waals surface area contributed by atoms with E-state index in [0.717, 1.165) is 11.1 Å². The summed E-state index contributed by atoms with van der Waals surface area (Å²) in [6, 6.07) is 14.7. The lowest BCUT2D eigenvalue weighted by atomic mass is 10.0. The van der Waals surface area contributed by atoms with Gasteiger partial charge in [0.15, 0.2) is 0 Å². The van der Waals surface area contributed by atoms with Crippen LogP contribution in [0.1, 0.15) is 16.8 Å². The molecule has 8 heteroatoms. The lowest BCUT2D eigenvalue weighted by Crippen LogP contribution is -2.14. The molecule has 2 heterocycles. The van der Waals surface area contributed by atoms with Crippen molar-refractivity contribution >= 4 is 15.9 Å². The Balaban J connectivity index is 1.65. The van der Waals surface area contributed by atoms with Gasteiger partial charge in [-0.3, -0.25) is 0 Å². The highest BCUT2D eigenvalue weighted by Crippen LogP contribution is 2.30. The van der Waals surface area contributed by atoms with E-state index in [1.807, 2.05) is 41.1 Å². The first kappa shape index (κ1) is 18.9. The number of anilines is 1. The first-order chi connectivity index (χ1) is 13.9. The zero-order chi connectivity index (χ0) is 20.4. The standard InChI is InChI=1S/C21H20N4O3S/c1-15-16(2)23-28-21(15)24-29(26,27)20-6-4-3-5-19(20)18-9-7-17(8-10-18)13-25-12-11-22-14-25/h3-12,14,24H,13H2,1-2H3. The molecule has 0 aliphatic carbocycles. The smallest absolute Gasteiger partial charge is 0.264 e. The zero-order valence-electron chi connectivity index (χ0n) is 16.0. The van der Waals surface area contributed by atoms with Crippen molar-refractivity contribution in [2.45, 2.75) is 25.3 Å². The number of aryl methyl sites for hydroxylation is 1. The minimum absolute atomic E-state index is 0.132. The Bertz CT molecular complexity index is 1230. The van der Waals surface area contributed by atoms with Gasteiger partial charge < -0.3 is 9.09 Å². The lowest BCUT2D eigenvalue weighted by molar-refractivity contribution is 0.430. The molecule has 0 unspecified atom stereocenters. The molecule has 148 valence electrons. The van der Waals surface area contributed by atoms with Crippen LogP contribution in [-0.2, 0) is 16.6 Å². The fourth-order valence-electron chi connectivity index (χ4n) is 3.01. The predicted octanol–water partition coefficient (Wildman–Crippen LogP) is 4.00. The van der Waals surface area contributed by atoms with Crippen LogP contribution in [0.15, 0.2) is 76.7 Å². The first-order valence-electron chi connectivity index (χ1n) is 9.04. The molecule has 0 spiro atoms. The highest BCUT2D eigenvalue weighted by Gasteiger charge is 2.22. The third kappa shape index (κ3) is 3.93. The molecule has 0 amide bonds. The number of sulfonamides is 1. The van der Waals surface area contributed by atoms with Crippen LogP contribution in [0.2, 0.25) is 0 Å². The largest absolute Gasteiger partial charge is 0.337 e. The molecule has 0 radical (unpaired) electrons. The van der Waals surface area contributed by atoms with Crippen LogP contribution in [0.4, 0.5) is 5.88 Å². The molecule has 0 aliphatic rings. The summed E-state index contributed by atoms with van der Waals surface area (Å²) in [5, 5.41) is 3.81. The quantitative estimate of drug-likeness (QED) is 0.521. The van der Waals surface area contributed by atoms with Gasteiger partial charge in [0, 0.05) is 30.1 Å². The van der Waals surface area contributed by atoms with Crippen molar-refractivity contribution in [2.75, 3.05) is 4.72 Å². The van der Waals surface area contributed by atoms with Crippen molar-refractivity contribution in [3.63, 3.8) is 0 Å². The van der Waals surface area contributed by atoms with Gasteiger partial charge in [0.05, 0.1) is 16.9 Å². The topological polar surface area (TPSA) is 90.0 Å². The van der Waals surface area contributed by atoms with E-state index in [-0.39, 0.29) is 10.8 Å². The summed E-state index contributed by atoms with van der Waals surface area (Å²) < 4.78 is 35.6. The van der Waals surface area contributed by atoms with Gasteiger partial charge in [0.1, 0.15) is 0 Å². The Labute approximate surface area is 169 Å². The summed E-state index contributed by atoms with van der Waals surface area (Å²) in [4.78, 5) is 4.22. The Morgan fingerprint density at radius 1 is 1.07 bits per heavy atom. The molecular formula is C21H20N4O3S. The number of nitrogens with zero attached hydrogens (tertiary/aromatic N) is 3. The number of aromatic nitrogens is 3. The number of hydrogen-bond acceptors (Lipinski definition) is 5. The number of rotatable bonds is 6. The van der Waals surface area contributed by atoms with Gasteiger partial charge in [-0.2, -0.15) is 0 Å². The van der Waals surface area contributed by atoms with Gasteiger partial charge in [-0.15, -0.1) is 0 Å². The lowest BCUT2D eigenvalue weighted by Gasteiger charge is -2.12. The number of nitrogens with one attached hydrogen (secondary N) is 1. The van der Waals surface area contributed by atoms with Crippen LogP contribution in [-0.4, -0.2) is 23.1 Å². The average Bonchev–Trinajstić information content (AvgIpc) is 3.34. The molecule has 7 nitrogen and oxygen atoms in total. The van der Waals surface area contributed by atoms with Crippen LogP contribution in [0.3, 0.4) is 0 Å². The van der Waals surface area contributed by atoms with E-state index in [9.17, 15) is 8.42 Å². The Morgan fingerprint density at radius 2 is 1.83 bits per heavy atom. The molecule has 1 N–H and O–H groups in total. The maximum Gasteiger partial charge on any atom is 0.264 e. The maximum absolute atomic E-state index is 13.0. The molecule has 4 aromatic rings. The van der Waals surface area contributed by atoms with Crippen molar-refractivity contribution in [3.8, 4) is 11.1 Å². The van der Waals surface area contributed by atoms with E-state index in [1.165, 1.54) is 0 Å². The van der Waals surface area contributed by atoms with Gasteiger partial charge in [-0.25, -0.2) is 18.1 Å². The van der Waals surface area contributed by atoms with Crippen molar-refractivity contribution in [3.05, 3.63) is 84.1 Å². The van der Waals surface area contributed by atoms with E-state index >= 15 is 0 Å². The molecule has 2 aromatic carbocycles. The summed E-state index contributed by atoms with van der Waals surface area (Å²) in [6.45, 7) is 4.22. The van der Waals surface area contributed by atoms with Crippen LogP contribution < -0.4 is 4.72 Å². The molecular weight excluding hydrogens is 388 g/mol. The van der Waals surface area contributed by atoms with E-state index in [1.54, 1.807) is 44.6 Å². The number of benzene rings is 2. The third-order valence-electron chi connectivity index (χ3n) is 4.75. The van der Waals surface area contributed by atoms with Crippen LogP contribution >= 0.6 is 0 Å². The van der Waals surface area contributed by atoms with E-state index in [2.05, 4.69) is 14.9 Å². The number of imidazole rings is 1. The van der Waals surface area contributed by atoms with Gasteiger partial charge in [-0.1, -0.05) is 47.6 Å². The highest BCUT2D eigenvalue weighted by atomic mass is 32.2. The fraction of sp³-hybridized carbons (Fsp3) is 0.143. The van der Waals surface area contributed by atoms with Crippen molar-refractivity contribution < 1.29 is 12.9 Å². The minimum Gasteiger partial charge on any atom is -0.337 e.